The summed E-state index contributed by atoms with van der Waals surface area (Å²) in [6, 6.07) is 0. The van der Waals surface area contributed by atoms with E-state index in [0.717, 1.165) is 0 Å². The van der Waals surface area contributed by atoms with Crippen LogP contribution in [0.5, 0.6) is 0 Å². The van der Waals surface area contributed by atoms with Gasteiger partial charge in [-0.3, -0.25) is 0 Å². The summed E-state index contributed by atoms with van der Waals surface area (Å²) in [5.41, 5.74) is 0. The molecule has 0 heterocycles. The molecule has 1 N–H and O–H groups in total. The maximum atomic E-state index is 7.86. The molecule has 8 heavy (non-hydrogen) atoms. The monoisotopic (exact) mass is 111 g/mol. The molecule has 2 heteroatoms. The zero-order valence-corrected chi connectivity index (χ0v) is 4.78. The summed E-state index contributed by atoms with van der Waals surface area (Å²) in [5.74, 6) is 0. The predicted octanol–water partition coefficient (Wildman–Crippen LogP) is 1.58. The van der Waals surface area contributed by atoms with E-state index in [1.54, 1.807) is 12.2 Å². The van der Waals surface area contributed by atoms with Crippen molar-refractivity contribution in [2.24, 2.45) is 5.16 Å². The van der Waals surface area contributed by atoms with Crippen LogP contribution < -0.4 is 0 Å². The standard InChI is InChI=1S/C6H9NO/c1-2-3-4-5-6-7-8/h2-6,8H,1H3/b3-2-,5-4+,7-6+. The summed E-state index contributed by atoms with van der Waals surface area (Å²) in [4.78, 5) is 0. The van der Waals surface area contributed by atoms with Crippen LogP contribution in [0, 0.1) is 0 Å². The van der Waals surface area contributed by atoms with Gasteiger partial charge in [-0.2, -0.15) is 0 Å². The highest BCUT2D eigenvalue weighted by molar-refractivity contribution is 5.70. The average molecular weight is 111 g/mol. The fourth-order valence-corrected chi connectivity index (χ4v) is 0.263. The van der Waals surface area contributed by atoms with Crippen molar-refractivity contribution in [1.82, 2.24) is 0 Å². The molecule has 2 nitrogen and oxygen atoms in total. The van der Waals surface area contributed by atoms with Crippen LogP contribution in [-0.4, -0.2) is 11.4 Å². The fourth-order valence-electron chi connectivity index (χ4n) is 0.263. The van der Waals surface area contributed by atoms with Crippen LogP contribution in [0.25, 0.3) is 0 Å². The minimum Gasteiger partial charge on any atom is -0.411 e. The van der Waals surface area contributed by atoms with Gasteiger partial charge in [-0.15, -0.1) is 0 Å². The Balaban J connectivity index is 3.35. The third-order valence-electron chi connectivity index (χ3n) is 0.567. The van der Waals surface area contributed by atoms with E-state index in [1.807, 2.05) is 19.1 Å². The molecule has 0 aromatic rings. The molecule has 0 rings (SSSR count). The molecule has 0 aromatic carbocycles. The molecular formula is C6H9NO. The maximum absolute atomic E-state index is 7.86. The lowest BCUT2D eigenvalue weighted by Crippen LogP contribution is -1.59. The second kappa shape index (κ2) is 5.95. The van der Waals surface area contributed by atoms with Crippen molar-refractivity contribution < 1.29 is 5.21 Å². The zero-order chi connectivity index (χ0) is 6.24. The first-order valence-electron chi connectivity index (χ1n) is 2.37. The van der Waals surface area contributed by atoms with E-state index in [9.17, 15) is 0 Å². The van der Waals surface area contributed by atoms with Crippen molar-refractivity contribution in [3.63, 3.8) is 0 Å². The number of hydrogen-bond donors (Lipinski definition) is 1. The molecule has 0 saturated carbocycles. The van der Waals surface area contributed by atoms with Crippen LogP contribution in [0.15, 0.2) is 29.5 Å². The molecular weight excluding hydrogens is 102 g/mol. The smallest absolute Gasteiger partial charge is 0.0661 e. The van der Waals surface area contributed by atoms with Crippen molar-refractivity contribution in [3.8, 4) is 0 Å². The molecule has 0 radical (unpaired) electrons. The first-order chi connectivity index (χ1) is 3.91. The van der Waals surface area contributed by atoms with Crippen molar-refractivity contribution in [1.29, 1.82) is 0 Å². The Labute approximate surface area is 48.8 Å². The van der Waals surface area contributed by atoms with E-state index in [1.165, 1.54) is 6.21 Å². The number of hydrogen-bond acceptors (Lipinski definition) is 2. The molecule has 44 valence electrons. The van der Waals surface area contributed by atoms with Gasteiger partial charge in [-0.05, 0) is 13.0 Å². The molecule has 0 aromatic heterocycles. The third kappa shape index (κ3) is 4.95. The molecule has 0 aliphatic carbocycles. The summed E-state index contributed by atoms with van der Waals surface area (Å²) in [7, 11) is 0. The molecule has 0 saturated heterocycles. The van der Waals surface area contributed by atoms with Crippen molar-refractivity contribution >= 4 is 6.21 Å². The summed E-state index contributed by atoms with van der Waals surface area (Å²) in [6.07, 6.45) is 8.46. The Morgan fingerprint density at radius 1 is 1.25 bits per heavy atom. The zero-order valence-electron chi connectivity index (χ0n) is 4.78. The topological polar surface area (TPSA) is 32.6 Å². The van der Waals surface area contributed by atoms with Crippen LogP contribution in [0.2, 0.25) is 0 Å². The van der Waals surface area contributed by atoms with Gasteiger partial charge < -0.3 is 5.21 Å². The SMILES string of the molecule is C\C=C/C=C/C=N/O. The predicted molar refractivity (Wildman–Crippen MR) is 34.2 cm³/mol. The Morgan fingerprint density at radius 2 is 2.00 bits per heavy atom. The van der Waals surface area contributed by atoms with Crippen LogP contribution in [0.1, 0.15) is 6.92 Å². The van der Waals surface area contributed by atoms with E-state index in [0.29, 0.717) is 0 Å². The lowest BCUT2D eigenvalue weighted by Gasteiger charge is -1.67. The lowest BCUT2D eigenvalue weighted by molar-refractivity contribution is 0.322. The van der Waals surface area contributed by atoms with Crippen LogP contribution >= 0.6 is 0 Å². The minimum absolute atomic E-state index is 1.31. The van der Waals surface area contributed by atoms with Crippen molar-refractivity contribution in [3.05, 3.63) is 24.3 Å². The van der Waals surface area contributed by atoms with Crippen molar-refractivity contribution in [2.75, 3.05) is 0 Å². The van der Waals surface area contributed by atoms with Crippen molar-refractivity contribution in [2.45, 2.75) is 6.92 Å². The van der Waals surface area contributed by atoms with Gasteiger partial charge in [0.15, 0.2) is 0 Å². The molecule has 0 spiro atoms. The number of rotatable bonds is 2. The van der Waals surface area contributed by atoms with Gasteiger partial charge in [-0.25, -0.2) is 0 Å². The largest absolute Gasteiger partial charge is 0.411 e. The molecule has 0 aliphatic heterocycles. The third-order valence-corrected chi connectivity index (χ3v) is 0.567. The van der Waals surface area contributed by atoms with Gasteiger partial charge in [0.1, 0.15) is 0 Å². The Morgan fingerprint density at radius 3 is 2.50 bits per heavy atom. The molecule has 0 aliphatic rings. The lowest BCUT2D eigenvalue weighted by atomic mass is 10.4. The van der Waals surface area contributed by atoms with Gasteiger partial charge in [0.25, 0.3) is 0 Å². The highest BCUT2D eigenvalue weighted by Crippen LogP contribution is 1.71. The Bertz CT molecular complexity index is 99.7. The normalized spacial score (nSPS) is 12.6. The molecule has 0 atom stereocenters. The van der Waals surface area contributed by atoms with Gasteiger partial charge in [-0.1, -0.05) is 23.4 Å². The van der Waals surface area contributed by atoms with Crippen LogP contribution in [-0.2, 0) is 0 Å². The van der Waals surface area contributed by atoms with E-state index in [4.69, 9.17) is 5.21 Å². The number of oxime groups is 1. The Hall–Kier alpha value is -1.05. The Kier molecular flexibility index (Phi) is 5.17. The fraction of sp³-hybridized carbons (Fsp3) is 0.167. The first-order valence-corrected chi connectivity index (χ1v) is 2.37. The summed E-state index contributed by atoms with van der Waals surface area (Å²) >= 11 is 0. The summed E-state index contributed by atoms with van der Waals surface area (Å²) < 4.78 is 0. The second-order valence-electron chi connectivity index (χ2n) is 1.18. The molecule has 0 bridgehead atoms. The van der Waals surface area contributed by atoms with Gasteiger partial charge in [0.05, 0.1) is 6.21 Å². The van der Waals surface area contributed by atoms with E-state index in [-0.39, 0.29) is 0 Å². The van der Waals surface area contributed by atoms with Gasteiger partial charge in [0.2, 0.25) is 0 Å². The molecule has 0 unspecified atom stereocenters. The summed E-state index contributed by atoms with van der Waals surface area (Å²) in [6.45, 7) is 1.92. The van der Waals surface area contributed by atoms with E-state index in [2.05, 4.69) is 5.16 Å². The number of nitrogens with zero attached hydrogens (tertiary/aromatic N) is 1. The molecule has 0 fully saturated rings. The average Bonchev–Trinajstić information content (AvgIpc) is 1.81. The molecule has 0 amide bonds. The maximum Gasteiger partial charge on any atom is 0.0661 e. The van der Waals surface area contributed by atoms with Crippen LogP contribution in [0.4, 0.5) is 0 Å². The van der Waals surface area contributed by atoms with E-state index >= 15 is 0 Å². The second-order valence-corrected chi connectivity index (χ2v) is 1.18. The number of allylic oxidation sites excluding steroid dienone is 4. The van der Waals surface area contributed by atoms with Gasteiger partial charge >= 0.3 is 0 Å². The minimum atomic E-state index is 1.31. The summed E-state index contributed by atoms with van der Waals surface area (Å²) in [5, 5.41) is 10.6. The van der Waals surface area contributed by atoms with E-state index < -0.39 is 0 Å². The highest BCUT2D eigenvalue weighted by atomic mass is 16.4. The van der Waals surface area contributed by atoms with Crippen LogP contribution in [0.3, 0.4) is 0 Å². The van der Waals surface area contributed by atoms with Gasteiger partial charge in [0, 0.05) is 0 Å². The quantitative estimate of drug-likeness (QED) is 0.249. The first kappa shape index (κ1) is 6.95. The highest BCUT2D eigenvalue weighted by Gasteiger charge is 1.57.